The number of ether oxygens (including phenoxy) is 1. The Morgan fingerprint density at radius 3 is 2.65 bits per heavy atom. The van der Waals surface area contributed by atoms with E-state index in [2.05, 4.69) is 15.5 Å². The first-order valence-electron chi connectivity index (χ1n) is 7.75. The van der Waals surface area contributed by atoms with Gasteiger partial charge in [-0.25, -0.2) is 0 Å². The molecule has 0 radical (unpaired) electrons. The third kappa shape index (κ3) is 4.97. The van der Waals surface area contributed by atoms with Crippen molar-refractivity contribution < 1.29 is 13.9 Å². The zero-order valence-electron chi connectivity index (χ0n) is 13.8. The summed E-state index contributed by atoms with van der Waals surface area (Å²) in [6, 6.07) is 12.7. The maximum absolute atomic E-state index is 11.9. The van der Waals surface area contributed by atoms with Crippen molar-refractivity contribution in [2.75, 3.05) is 11.9 Å². The van der Waals surface area contributed by atoms with Crippen LogP contribution in [0.3, 0.4) is 0 Å². The molecule has 3 rings (SSSR count). The van der Waals surface area contributed by atoms with E-state index >= 15 is 0 Å². The molecule has 0 atom stereocenters. The first-order chi connectivity index (χ1) is 12.5. The zero-order chi connectivity index (χ0) is 18.5. The van der Waals surface area contributed by atoms with E-state index in [1.807, 2.05) is 31.2 Å². The Balaban J connectivity index is 1.53. The second-order valence-electron chi connectivity index (χ2n) is 5.57. The van der Waals surface area contributed by atoms with Gasteiger partial charge < -0.3 is 9.15 Å². The first-order valence-corrected chi connectivity index (χ1v) is 8.51. The van der Waals surface area contributed by atoms with E-state index in [1.54, 1.807) is 12.1 Å². The Labute approximate surface area is 160 Å². The second-order valence-corrected chi connectivity index (χ2v) is 6.42. The van der Waals surface area contributed by atoms with Crippen molar-refractivity contribution in [2.24, 2.45) is 0 Å². The Morgan fingerprint density at radius 2 is 1.92 bits per heavy atom. The lowest BCUT2D eigenvalue weighted by atomic mass is 10.1. The summed E-state index contributed by atoms with van der Waals surface area (Å²) >= 11 is 11.8. The maximum Gasteiger partial charge on any atom is 0.322 e. The van der Waals surface area contributed by atoms with Gasteiger partial charge in [0.05, 0.1) is 11.4 Å². The fraction of sp³-hybridized carbons (Fsp3) is 0.167. The van der Waals surface area contributed by atoms with E-state index in [9.17, 15) is 4.79 Å². The molecule has 3 aromatic rings. The number of hydrogen-bond donors (Lipinski definition) is 1. The molecule has 0 saturated carbocycles. The van der Waals surface area contributed by atoms with Crippen molar-refractivity contribution in [1.29, 1.82) is 0 Å². The normalized spacial score (nSPS) is 10.6. The number of halogens is 2. The third-order valence-corrected chi connectivity index (χ3v) is 3.97. The predicted octanol–water partition coefficient (Wildman–Crippen LogP) is 4.29. The molecule has 0 aliphatic heterocycles. The van der Waals surface area contributed by atoms with Crippen LogP contribution in [0.1, 0.15) is 17.0 Å². The summed E-state index contributed by atoms with van der Waals surface area (Å²) in [5, 5.41) is 11.0. The van der Waals surface area contributed by atoms with Crippen molar-refractivity contribution in [2.45, 2.75) is 13.3 Å². The molecule has 0 aliphatic rings. The number of benzene rings is 2. The predicted molar refractivity (Wildman–Crippen MR) is 98.9 cm³/mol. The van der Waals surface area contributed by atoms with Gasteiger partial charge >= 0.3 is 6.01 Å². The number of anilines is 1. The summed E-state index contributed by atoms with van der Waals surface area (Å²) in [6.45, 7) is 1.76. The van der Waals surface area contributed by atoms with Crippen LogP contribution in [-0.2, 0) is 11.2 Å². The molecule has 26 heavy (non-hydrogen) atoms. The van der Waals surface area contributed by atoms with Crippen molar-refractivity contribution >= 4 is 35.1 Å². The van der Waals surface area contributed by atoms with Crippen LogP contribution in [0.25, 0.3) is 0 Å². The fourth-order valence-electron chi connectivity index (χ4n) is 2.15. The highest BCUT2D eigenvalue weighted by Crippen LogP contribution is 2.27. The van der Waals surface area contributed by atoms with Crippen molar-refractivity contribution in [3.8, 4) is 5.75 Å². The van der Waals surface area contributed by atoms with Gasteiger partial charge in [-0.2, -0.15) is 0 Å². The van der Waals surface area contributed by atoms with E-state index in [0.717, 1.165) is 5.56 Å². The number of amides is 1. The smallest absolute Gasteiger partial charge is 0.322 e. The molecule has 1 N–H and O–H groups in total. The number of carbonyl (C=O) groups is 1. The minimum absolute atomic E-state index is 0.0166. The largest absolute Gasteiger partial charge is 0.482 e. The highest BCUT2D eigenvalue weighted by Gasteiger charge is 2.12. The minimum atomic E-state index is -0.443. The summed E-state index contributed by atoms with van der Waals surface area (Å²) in [5.41, 5.74) is 2.21. The van der Waals surface area contributed by atoms with Gasteiger partial charge in [0.1, 0.15) is 5.75 Å². The number of aromatic nitrogens is 2. The van der Waals surface area contributed by atoms with Crippen molar-refractivity contribution in [1.82, 2.24) is 10.2 Å². The molecule has 2 aromatic carbocycles. The molecule has 0 fully saturated rings. The fourth-order valence-corrected chi connectivity index (χ4v) is 2.61. The Hall–Kier alpha value is -2.57. The molecule has 6 nitrogen and oxygen atoms in total. The molecule has 0 unspecified atom stereocenters. The second kappa shape index (κ2) is 8.21. The monoisotopic (exact) mass is 391 g/mol. The van der Waals surface area contributed by atoms with Gasteiger partial charge in [-0.1, -0.05) is 58.1 Å². The molecule has 0 bridgehead atoms. The van der Waals surface area contributed by atoms with Gasteiger partial charge in [-0.15, -0.1) is 5.10 Å². The number of aryl methyl sites for hydroxylation is 1. The number of carbonyl (C=O) groups excluding carboxylic acids is 1. The third-order valence-electron chi connectivity index (χ3n) is 3.44. The number of hydrogen-bond acceptors (Lipinski definition) is 5. The lowest BCUT2D eigenvalue weighted by Crippen LogP contribution is -2.20. The SMILES string of the molecule is Cc1ccc(Cc2nnc(NC(=O)COc3ccc(Cl)cc3Cl)o2)cc1. The Morgan fingerprint density at radius 1 is 1.15 bits per heavy atom. The van der Waals surface area contributed by atoms with Crippen LogP contribution in [0.4, 0.5) is 6.01 Å². The van der Waals surface area contributed by atoms with Crippen LogP contribution < -0.4 is 10.1 Å². The van der Waals surface area contributed by atoms with E-state index in [-0.39, 0.29) is 12.6 Å². The molecule has 0 aliphatic carbocycles. The quantitative estimate of drug-likeness (QED) is 0.677. The van der Waals surface area contributed by atoms with Gasteiger partial charge in [0, 0.05) is 5.02 Å². The molecular formula is C18H15Cl2N3O3. The number of nitrogens with one attached hydrogen (secondary N) is 1. The van der Waals surface area contributed by atoms with E-state index in [1.165, 1.54) is 11.6 Å². The first kappa shape index (κ1) is 18.2. The van der Waals surface area contributed by atoms with Crippen molar-refractivity contribution in [3.63, 3.8) is 0 Å². The average Bonchev–Trinajstić information content (AvgIpc) is 3.03. The topological polar surface area (TPSA) is 77.2 Å². The molecule has 1 heterocycles. The zero-order valence-corrected chi connectivity index (χ0v) is 15.3. The van der Waals surface area contributed by atoms with Crippen LogP contribution in [0.15, 0.2) is 46.9 Å². The molecule has 1 aromatic heterocycles. The molecule has 1 amide bonds. The standard InChI is InChI=1S/C18H15Cl2N3O3/c1-11-2-4-12(5-3-11)8-17-22-23-18(26-17)21-16(24)10-25-15-7-6-13(19)9-14(15)20/h2-7,9H,8,10H2,1H3,(H,21,23,24). The van der Waals surface area contributed by atoms with Crippen LogP contribution >= 0.6 is 23.2 Å². The van der Waals surface area contributed by atoms with E-state index in [4.69, 9.17) is 32.4 Å². The summed E-state index contributed by atoms with van der Waals surface area (Å²) in [7, 11) is 0. The highest BCUT2D eigenvalue weighted by molar-refractivity contribution is 6.35. The maximum atomic E-state index is 11.9. The van der Waals surface area contributed by atoms with Gasteiger partial charge in [0.15, 0.2) is 6.61 Å². The summed E-state index contributed by atoms with van der Waals surface area (Å²) in [5.74, 6) is 0.323. The van der Waals surface area contributed by atoms with Crippen LogP contribution in [0.2, 0.25) is 10.0 Å². The van der Waals surface area contributed by atoms with Gasteiger partial charge in [0.25, 0.3) is 5.91 Å². The van der Waals surface area contributed by atoms with Crippen LogP contribution in [-0.4, -0.2) is 22.7 Å². The van der Waals surface area contributed by atoms with E-state index in [0.29, 0.717) is 28.1 Å². The molecular weight excluding hydrogens is 377 g/mol. The Bertz CT molecular complexity index is 910. The lowest BCUT2D eigenvalue weighted by molar-refractivity contribution is -0.118. The Kier molecular flexibility index (Phi) is 5.75. The van der Waals surface area contributed by atoms with Gasteiger partial charge in [0.2, 0.25) is 5.89 Å². The molecule has 134 valence electrons. The summed E-state index contributed by atoms with van der Waals surface area (Å²) in [4.78, 5) is 11.9. The summed E-state index contributed by atoms with van der Waals surface area (Å²) < 4.78 is 10.8. The minimum Gasteiger partial charge on any atom is -0.482 e. The van der Waals surface area contributed by atoms with Crippen molar-refractivity contribution in [3.05, 3.63) is 69.5 Å². The molecule has 0 spiro atoms. The molecule has 8 heteroatoms. The van der Waals surface area contributed by atoms with Gasteiger partial charge in [-0.3, -0.25) is 10.1 Å². The molecule has 0 saturated heterocycles. The lowest BCUT2D eigenvalue weighted by Gasteiger charge is -2.07. The average molecular weight is 392 g/mol. The highest BCUT2D eigenvalue weighted by atomic mass is 35.5. The number of nitrogens with zero attached hydrogens (tertiary/aromatic N) is 2. The van der Waals surface area contributed by atoms with Crippen LogP contribution in [0.5, 0.6) is 5.75 Å². The van der Waals surface area contributed by atoms with Crippen LogP contribution in [0, 0.1) is 6.92 Å². The summed E-state index contributed by atoms with van der Waals surface area (Å²) in [6.07, 6.45) is 0.486. The van der Waals surface area contributed by atoms with Gasteiger partial charge in [-0.05, 0) is 30.7 Å². The van der Waals surface area contributed by atoms with E-state index < -0.39 is 5.91 Å². The number of rotatable bonds is 6.